The van der Waals surface area contributed by atoms with E-state index in [2.05, 4.69) is 5.32 Å². The lowest BCUT2D eigenvalue weighted by atomic mass is 10.2. The summed E-state index contributed by atoms with van der Waals surface area (Å²) in [4.78, 5) is 0. The average Bonchev–Trinajstić information content (AvgIpc) is 1.85. The fourth-order valence-electron chi connectivity index (χ4n) is 1.00. The van der Waals surface area contributed by atoms with Gasteiger partial charge in [0.15, 0.2) is 0 Å². The summed E-state index contributed by atoms with van der Waals surface area (Å²) in [7, 11) is 1.76. The minimum absolute atomic E-state index is 0.574. The Morgan fingerprint density at radius 2 is 1.55 bits per heavy atom. The van der Waals surface area contributed by atoms with E-state index in [1.54, 1.807) is 19.2 Å². The van der Waals surface area contributed by atoms with Crippen molar-refractivity contribution in [2.24, 2.45) is 0 Å². The first-order valence-electron chi connectivity index (χ1n) is 3.27. The van der Waals surface area contributed by atoms with E-state index in [0.717, 1.165) is 5.69 Å². The molecule has 1 rings (SSSR count). The molecule has 0 atom stereocenters. The molecule has 0 heterocycles. The molecule has 0 bridgehead atoms. The number of hydrogen-bond acceptors (Lipinski definition) is 4. The summed E-state index contributed by atoms with van der Waals surface area (Å²) in [6.07, 6.45) is 0. The second-order valence-electron chi connectivity index (χ2n) is 2.32. The number of nitrogens with two attached hydrogens (primary N) is 3. The quantitative estimate of drug-likeness (QED) is 0.440. The number of nitrogen functional groups attached to an aromatic ring is 3. The Balaban J connectivity index is 3.25. The Labute approximate surface area is 65.4 Å². The van der Waals surface area contributed by atoms with Gasteiger partial charge in [0, 0.05) is 12.7 Å². The summed E-state index contributed by atoms with van der Waals surface area (Å²) >= 11 is 0. The molecule has 4 nitrogen and oxygen atoms in total. The van der Waals surface area contributed by atoms with Crippen molar-refractivity contribution in [3.05, 3.63) is 12.1 Å². The molecule has 4 heteroatoms. The molecule has 0 spiro atoms. The molecule has 11 heavy (non-hydrogen) atoms. The van der Waals surface area contributed by atoms with E-state index in [0.29, 0.717) is 17.1 Å². The standard InChI is InChI=1S/C7H12N4/c1-11-7-5(9)2-4(8)3-6(7)10/h2-3,11H,8-10H2,1H3. The van der Waals surface area contributed by atoms with E-state index in [9.17, 15) is 0 Å². The van der Waals surface area contributed by atoms with E-state index in [-0.39, 0.29) is 0 Å². The Morgan fingerprint density at radius 1 is 1.09 bits per heavy atom. The van der Waals surface area contributed by atoms with Crippen LogP contribution in [0.5, 0.6) is 0 Å². The van der Waals surface area contributed by atoms with Crippen molar-refractivity contribution in [3.63, 3.8) is 0 Å². The predicted octanol–water partition coefficient (Wildman–Crippen LogP) is 0.475. The van der Waals surface area contributed by atoms with Gasteiger partial charge in [0.05, 0.1) is 17.1 Å². The highest BCUT2D eigenvalue weighted by Crippen LogP contribution is 2.27. The van der Waals surface area contributed by atoms with E-state index in [1.807, 2.05) is 0 Å². The van der Waals surface area contributed by atoms with Gasteiger partial charge in [-0.1, -0.05) is 0 Å². The van der Waals surface area contributed by atoms with Gasteiger partial charge in [-0.25, -0.2) is 0 Å². The fraction of sp³-hybridized carbons (Fsp3) is 0.143. The average molecular weight is 152 g/mol. The van der Waals surface area contributed by atoms with Crippen molar-refractivity contribution in [1.82, 2.24) is 0 Å². The summed E-state index contributed by atoms with van der Waals surface area (Å²) < 4.78 is 0. The van der Waals surface area contributed by atoms with Gasteiger partial charge in [-0.15, -0.1) is 0 Å². The zero-order valence-electron chi connectivity index (χ0n) is 6.39. The third-order valence-corrected chi connectivity index (χ3v) is 1.47. The highest BCUT2D eigenvalue weighted by Gasteiger charge is 2.01. The first kappa shape index (κ1) is 7.53. The van der Waals surface area contributed by atoms with Crippen LogP contribution in [0.1, 0.15) is 0 Å². The van der Waals surface area contributed by atoms with Gasteiger partial charge in [-0.05, 0) is 12.1 Å². The highest BCUT2D eigenvalue weighted by atomic mass is 14.9. The van der Waals surface area contributed by atoms with E-state index < -0.39 is 0 Å². The number of rotatable bonds is 1. The van der Waals surface area contributed by atoms with Crippen molar-refractivity contribution in [3.8, 4) is 0 Å². The number of nitrogens with one attached hydrogen (secondary N) is 1. The van der Waals surface area contributed by atoms with E-state index in [4.69, 9.17) is 17.2 Å². The Bertz CT molecular complexity index is 246. The topological polar surface area (TPSA) is 90.1 Å². The van der Waals surface area contributed by atoms with Crippen LogP contribution in [0.15, 0.2) is 12.1 Å². The van der Waals surface area contributed by atoms with Crippen LogP contribution in [0, 0.1) is 0 Å². The van der Waals surface area contributed by atoms with Crippen LogP contribution in [-0.4, -0.2) is 7.05 Å². The first-order valence-corrected chi connectivity index (χ1v) is 3.27. The first-order chi connectivity index (χ1) is 5.15. The molecule has 0 aliphatic carbocycles. The van der Waals surface area contributed by atoms with Gasteiger partial charge < -0.3 is 22.5 Å². The van der Waals surface area contributed by atoms with E-state index in [1.165, 1.54) is 0 Å². The lowest BCUT2D eigenvalue weighted by Crippen LogP contribution is -2.01. The normalized spacial score (nSPS) is 9.55. The SMILES string of the molecule is CNc1c(N)cc(N)cc1N. The van der Waals surface area contributed by atoms with Gasteiger partial charge in [-0.3, -0.25) is 0 Å². The van der Waals surface area contributed by atoms with Crippen molar-refractivity contribution >= 4 is 22.7 Å². The molecule has 60 valence electrons. The van der Waals surface area contributed by atoms with Crippen molar-refractivity contribution in [1.29, 1.82) is 0 Å². The second-order valence-corrected chi connectivity index (χ2v) is 2.32. The van der Waals surface area contributed by atoms with Crippen molar-refractivity contribution in [2.75, 3.05) is 29.6 Å². The fourth-order valence-corrected chi connectivity index (χ4v) is 1.00. The van der Waals surface area contributed by atoms with Gasteiger partial charge in [-0.2, -0.15) is 0 Å². The molecule has 0 saturated heterocycles. The predicted molar refractivity (Wildman–Crippen MR) is 49.2 cm³/mol. The monoisotopic (exact) mass is 152 g/mol. The molecular weight excluding hydrogens is 140 g/mol. The summed E-state index contributed by atoms with van der Waals surface area (Å²) in [6.45, 7) is 0. The highest BCUT2D eigenvalue weighted by molar-refractivity contribution is 5.83. The maximum atomic E-state index is 5.61. The molecule has 0 unspecified atom stereocenters. The lowest BCUT2D eigenvalue weighted by molar-refractivity contribution is 1.51. The van der Waals surface area contributed by atoms with Crippen LogP contribution in [0.3, 0.4) is 0 Å². The maximum absolute atomic E-state index is 5.61. The van der Waals surface area contributed by atoms with Crippen LogP contribution < -0.4 is 22.5 Å². The van der Waals surface area contributed by atoms with Gasteiger partial charge in [0.25, 0.3) is 0 Å². The minimum Gasteiger partial charge on any atom is -0.399 e. The molecule has 0 fully saturated rings. The third kappa shape index (κ3) is 1.29. The lowest BCUT2D eigenvalue weighted by Gasteiger charge is -2.08. The maximum Gasteiger partial charge on any atom is 0.0806 e. The largest absolute Gasteiger partial charge is 0.399 e. The number of anilines is 4. The molecule has 1 aromatic carbocycles. The number of hydrogen-bond donors (Lipinski definition) is 4. The van der Waals surface area contributed by atoms with Crippen LogP contribution in [0.4, 0.5) is 22.7 Å². The summed E-state index contributed by atoms with van der Waals surface area (Å²) in [6, 6.07) is 3.34. The molecular formula is C7H12N4. The molecule has 0 radical (unpaired) electrons. The van der Waals surface area contributed by atoms with Crippen LogP contribution in [0.25, 0.3) is 0 Å². The zero-order valence-corrected chi connectivity index (χ0v) is 6.39. The Hall–Kier alpha value is -1.58. The summed E-state index contributed by atoms with van der Waals surface area (Å²) in [5, 5.41) is 2.89. The molecule has 0 saturated carbocycles. The van der Waals surface area contributed by atoms with Crippen molar-refractivity contribution < 1.29 is 0 Å². The molecule has 0 aliphatic rings. The van der Waals surface area contributed by atoms with Crippen LogP contribution in [-0.2, 0) is 0 Å². The number of benzene rings is 1. The minimum atomic E-state index is 0.574. The van der Waals surface area contributed by atoms with Crippen LogP contribution >= 0.6 is 0 Å². The van der Waals surface area contributed by atoms with Gasteiger partial charge in [0.1, 0.15) is 0 Å². The van der Waals surface area contributed by atoms with Gasteiger partial charge in [0.2, 0.25) is 0 Å². The summed E-state index contributed by atoms with van der Waals surface area (Å²) in [5.74, 6) is 0. The zero-order chi connectivity index (χ0) is 8.43. The molecule has 7 N–H and O–H groups in total. The van der Waals surface area contributed by atoms with E-state index >= 15 is 0 Å². The van der Waals surface area contributed by atoms with Crippen LogP contribution in [0.2, 0.25) is 0 Å². The van der Waals surface area contributed by atoms with Gasteiger partial charge >= 0.3 is 0 Å². The molecule has 0 aromatic heterocycles. The second kappa shape index (κ2) is 2.57. The molecule has 1 aromatic rings. The molecule has 0 aliphatic heterocycles. The summed E-state index contributed by atoms with van der Waals surface area (Å²) in [5.41, 5.74) is 19.2. The molecule has 0 amide bonds. The smallest absolute Gasteiger partial charge is 0.0806 e. The Kier molecular flexibility index (Phi) is 1.76. The third-order valence-electron chi connectivity index (χ3n) is 1.47. The Morgan fingerprint density at radius 3 is 1.91 bits per heavy atom. The van der Waals surface area contributed by atoms with Crippen molar-refractivity contribution in [2.45, 2.75) is 0 Å².